The molecule has 0 unspecified atom stereocenters. The zero-order chi connectivity index (χ0) is 13.8. The second-order valence-electron chi connectivity index (χ2n) is 4.89. The summed E-state index contributed by atoms with van der Waals surface area (Å²) in [5, 5.41) is 3.13. The predicted molar refractivity (Wildman–Crippen MR) is 75.1 cm³/mol. The van der Waals surface area contributed by atoms with Crippen molar-refractivity contribution in [3.8, 4) is 0 Å². The van der Waals surface area contributed by atoms with Gasteiger partial charge in [-0.25, -0.2) is 4.98 Å². The first-order valence-corrected chi connectivity index (χ1v) is 6.74. The summed E-state index contributed by atoms with van der Waals surface area (Å²) in [5.74, 6) is 1.40. The minimum absolute atomic E-state index is 0.00687. The number of aromatic nitrogens is 2. The van der Waals surface area contributed by atoms with Gasteiger partial charge in [-0.3, -0.25) is 4.79 Å². The monoisotopic (exact) mass is 263 g/mol. The smallest absolute Gasteiger partial charge is 0.224 e. The molecule has 2 rings (SSSR count). The second-order valence-corrected chi connectivity index (χ2v) is 4.89. The maximum Gasteiger partial charge on any atom is 0.224 e. The zero-order valence-corrected chi connectivity index (χ0v) is 11.5. The molecule has 1 aliphatic rings. The standard InChI is InChI=1S/C13H21N5O/c1-3-15-13-16-9(2)8-11(17-13)18-6-4-10(5-7-18)12(14)19/h8,10H,3-7H2,1-2H3,(H2,14,19)(H,15,16,17). The number of nitrogens with zero attached hydrogens (tertiary/aromatic N) is 3. The number of carbonyl (C=O) groups is 1. The normalized spacial score (nSPS) is 16.4. The van der Waals surface area contributed by atoms with Crippen LogP contribution in [0.1, 0.15) is 25.5 Å². The van der Waals surface area contributed by atoms with E-state index in [0.29, 0.717) is 5.95 Å². The summed E-state index contributed by atoms with van der Waals surface area (Å²) in [4.78, 5) is 22.2. The molecule has 0 aromatic carbocycles. The van der Waals surface area contributed by atoms with Crippen LogP contribution in [0, 0.1) is 12.8 Å². The van der Waals surface area contributed by atoms with E-state index in [1.165, 1.54) is 0 Å². The number of anilines is 2. The number of rotatable bonds is 4. The van der Waals surface area contributed by atoms with E-state index in [1.54, 1.807) is 0 Å². The fraction of sp³-hybridized carbons (Fsp3) is 0.615. The molecule has 0 bridgehead atoms. The van der Waals surface area contributed by atoms with Gasteiger partial charge in [-0.2, -0.15) is 4.98 Å². The molecule has 2 heterocycles. The Bertz CT molecular complexity index is 454. The number of piperidine rings is 1. The van der Waals surface area contributed by atoms with Gasteiger partial charge in [-0.15, -0.1) is 0 Å². The Labute approximate surface area is 113 Å². The van der Waals surface area contributed by atoms with Crippen LogP contribution in [0.15, 0.2) is 6.07 Å². The molecule has 6 nitrogen and oxygen atoms in total. The summed E-state index contributed by atoms with van der Waals surface area (Å²) in [5.41, 5.74) is 6.29. The van der Waals surface area contributed by atoms with E-state index in [-0.39, 0.29) is 11.8 Å². The van der Waals surface area contributed by atoms with Gasteiger partial charge < -0.3 is 16.0 Å². The first-order chi connectivity index (χ1) is 9.10. The molecule has 104 valence electrons. The van der Waals surface area contributed by atoms with Crippen LogP contribution in [-0.4, -0.2) is 35.5 Å². The van der Waals surface area contributed by atoms with Gasteiger partial charge in [0.1, 0.15) is 5.82 Å². The van der Waals surface area contributed by atoms with Crippen molar-refractivity contribution in [2.24, 2.45) is 11.7 Å². The number of carbonyl (C=O) groups excluding carboxylic acids is 1. The summed E-state index contributed by atoms with van der Waals surface area (Å²) in [6.45, 7) is 6.41. The van der Waals surface area contributed by atoms with Crippen molar-refractivity contribution in [1.82, 2.24) is 9.97 Å². The van der Waals surface area contributed by atoms with Crippen molar-refractivity contribution < 1.29 is 4.79 Å². The number of amides is 1. The molecule has 1 fully saturated rings. The average Bonchev–Trinajstić information content (AvgIpc) is 2.38. The minimum atomic E-state index is -0.188. The Morgan fingerprint density at radius 2 is 2.16 bits per heavy atom. The van der Waals surface area contributed by atoms with Crippen molar-refractivity contribution in [2.75, 3.05) is 29.9 Å². The van der Waals surface area contributed by atoms with E-state index in [4.69, 9.17) is 5.73 Å². The molecule has 0 spiro atoms. The summed E-state index contributed by atoms with van der Waals surface area (Å²) in [6, 6.07) is 1.98. The van der Waals surface area contributed by atoms with E-state index < -0.39 is 0 Å². The second kappa shape index (κ2) is 5.86. The van der Waals surface area contributed by atoms with E-state index in [1.807, 2.05) is 19.9 Å². The van der Waals surface area contributed by atoms with Crippen LogP contribution in [0.3, 0.4) is 0 Å². The lowest BCUT2D eigenvalue weighted by molar-refractivity contribution is -0.122. The van der Waals surface area contributed by atoms with E-state index >= 15 is 0 Å². The van der Waals surface area contributed by atoms with E-state index in [2.05, 4.69) is 20.2 Å². The predicted octanol–water partition coefficient (Wildman–Crippen LogP) is 0.919. The van der Waals surface area contributed by atoms with Gasteiger partial charge in [0, 0.05) is 37.3 Å². The van der Waals surface area contributed by atoms with Gasteiger partial charge in [-0.1, -0.05) is 0 Å². The molecule has 0 saturated carbocycles. The Morgan fingerprint density at radius 1 is 1.47 bits per heavy atom. The minimum Gasteiger partial charge on any atom is -0.369 e. The topological polar surface area (TPSA) is 84.1 Å². The molecule has 19 heavy (non-hydrogen) atoms. The van der Waals surface area contributed by atoms with Crippen molar-refractivity contribution in [3.05, 3.63) is 11.8 Å². The number of hydrogen-bond acceptors (Lipinski definition) is 5. The van der Waals surface area contributed by atoms with Crippen LogP contribution in [0.25, 0.3) is 0 Å². The summed E-state index contributed by atoms with van der Waals surface area (Å²) in [6.07, 6.45) is 1.60. The van der Waals surface area contributed by atoms with Gasteiger partial charge in [0.05, 0.1) is 0 Å². The number of nitrogens with two attached hydrogens (primary N) is 1. The summed E-state index contributed by atoms with van der Waals surface area (Å²) < 4.78 is 0. The molecule has 1 amide bonds. The Hall–Kier alpha value is -1.85. The third-order valence-electron chi connectivity index (χ3n) is 3.40. The molecule has 1 saturated heterocycles. The van der Waals surface area contributed by atoms with Crippen LogP contribution in [0.2, 0.25) is 0 Å². The lowest BCUT2D eigenvalue weighted by Crippen LogP contribution is -2.39. The Kier molecular flexibility index (Phi) is 4.19. The van der Waals surface area contributed by atoms with Crippen LogP contribution in [0.5, 0.6) is 0 Å². The Balaban J connectivity index is 2.08. The lowest BCUT2D eigenvalue weighted by atomic mass is 9.96. The van der Waals surface area contributed by atoms with Gasteiger partial charge in [0.2, 0.25) is 11.9 Å². The van der Waals surface area contributed by atoms with Gasteiger partial charge >= 0.3 is 0 Å². The van der Waals surface area contributed by atoms with Crippen molar-refractivity contribution in [2.45, 2.75) is 26.7 Å². The molecule has 0 radical (unpaired) electrons. The molecule has 1 aromatic rings. The van der Waals surface area contributed by atoms with Crippen molar-refractivity contribution in [3.63, 3.8) is 0 Å². The van der Waals surface area contributed by atoms with Crippen LogP contribution < -0.4 is 16.0 Å². The third kappa shape index (κ3) is 3.33. The average molecular weight is 263 g/mol. The largest absolute Gasteiger partial charge is 0.369 e. The van der Waals surface area contributed by atoms with E-state index in [9.17, 15) is 4.79 Å². The van der Waals surface area contributed by atoms with Gasteiger partial charge in [0.15, 0.2) is 0 Å². The zero-order valence-electron chi connectivity index (χ0n) is 11.5. The molecule has 3 N–H and O–H groups in total. The molecule has 1 aromatic heterocycles. The molecular formula is C13H21N5O. The summed E-state index contributed by atoms with van der Waals surface area (Å²) in [7, 11) is 0. The lowest BCUT2D eigenvalue weighted by Gasteiger charge is -2.31. The van der Waals surface area contributed by atoms with Crippen molar-refractivity contribution in [1.29, 1.82) is 0 Å². The highest BCUT2D eigenvalue weighted by atomic mass is 16.1. The molecular weight excluding hydrogens is 242 g/mol. The maximum atomic E-state index is 11.2. The fourth-order valence-electron chi connectivity index (χ4n) is 2.34. The van der Waals surface area contributed by atoms with Crippen LogP contribution >= 0.6 is 0 Å². The van der Waals surface area contributed by atoms with E-state index in [0.717, 1.165) is 44.0 Å². The van der Waals surface area contributed by atoms with Crippen LogP contribution in [-0.2, 0) is 4.79 Å². The SMILES string of the molecule is CCNc1nc(C)cc(N2CCC(C(N)=O)CC2)n1. The van der Waals surface area contributed by atoms with Crippen LogP contribution in [0.4, 0.5) is 11.8 Å². The van der Waals surface area contributed by atoms with Gasteiger partial charge in [0.25, 0.3) is 0 Å². The summed E-state index contributed by atoms with van der Waals surface area (Å²) >= 11 is 0. The first kappa shape index (κ1) is 13.6. The molecule has 6 heteroatoms. The first-order valence-electron chi connectivity index (χ1n) is 6.74. The number of hydrogen-bond donors (Lipinski definition) is 2. The fourth-order valence-corrected chi connectivity index (χ4v) is 2.34. The number of primary amides is 1. The Morgan fingerprint density at radius 3 is 2.74 bits per heavy atom. The highest BCUT2D eigenvalue weighted by molar-refractivity contribution is 5.77. The highest BCUT2D eigenvalue weighted by Crippen LogP contribution is 2.22. The number of nitrogens with one attached hydrogen (secondary N) is 1. The third-order valence-corrected chi connectivity index (χ3v) is 3.40. The molecule has 1 aliphatic heterocycles. The highest BCUT2D eigenvalue weighted by Gasteiger charge is 2.24. The van der Waals surface area contributed by atoms with Crippen molar-refractivity contribution >= 4 is 17.7 Å². The number of aryl methyl sites for hydroxylation is 1. The quantitative estimate of drug-likeness (QED) is 0.844. The maximum absolute atomic E-state index is 11.2. The molecule has 0 atom stereocenters. The molecule has 0 aliphatic carbocycles. The van der Waals surface area contributed by atoms with Gasteiger partial charge in [-0.05, 0) is 26.7 Å².